The Morgan fingerprint density at radius 1 is 1.83 bits per heavy atom. The Balaban J connectivity index is 3.16. The molecule has 0 saturated carbocycles. The molecule has 1 rings (SSSR count). The van der Waals surface area contributed by atoms with Gasteiger partial charge in [0.15, 0.2) is 5.82 Å². The fraction of sp³-hybridized carbons (Fsp3) is 0.429. The second-order valence-corrected chi connectivity index (χ2v) is 2.36. The number of nitrogens with zero attached hydrogens (tertiary/aromatic N) is 2. The molecule has 0 amide bonds. The number of aromatic nitrogens is 3. The van der Waals surface area contributed by atoms with Gasteiger partial charge in [-0.2, -0.15) is 5.10 Å². The summed E-state index contributed by atoms with van der Waals surface area (Å²) in [5.74, 6) is -0.0498. The Hall–Kier alpha value is -1.39. The molecule has 1 aromatic heterocycles. The van der Waals surface area contributed by atoms with E-state index < -0.39 is 0 Å². The molecular formula is C7H10FN3O. The van der Waals surface area contributed by atoms with Gasteiger partial charge in [0.05, 0.1) is 0 Å². The Labute approximate surface area is 68.7 Å². The lowest BCUT2D eigenvalue weighted by molar-refractivity contribution is 0.644. The lowest BCUT2D eigenvalue weighted by atomic mass is 10.4. The molecule has 1 aromatic rings. The van der Waals surface area contributed by atoms with E-state index in [2.05, 4.69) is 10.2 Å². The Morgan fingerprint density at radius 2 is 2.50 bits per heavy atom. The van der Waals surface area contributed by atoms with Gasteiger partial charge >= 0.3 is 5.69 Å². The summed E-state index contributed by atoms with van der Waals surface area (Å²) in [7, 11) is 0. The minimum Gasteiger partial charge on any atom is -0.276 e. The van der Waals surface area contributed by atoms with Gasteiger partial charge in [-0.1, -0.05) is 0 Å². The van der Waals surface area contributed by atoms with Crippen LogP contribution in [0.15, 0.2) is 10.6 Å². The molecule has 5 heteroatoms. The first-order valence-electron chi connectivity index (χ1n) is 3.64. The van der Waals surface area contributed by atoms with E-state index in [4.69, 9.17) is 0 Å². The zero-order chi connectivity index (χ0) is 9.14. The molecule has 0 radical (unpaired) electrons. The number of rotatable bonds is 2. The first kappa shape index (κ1) is 8.70. The van der Waals surface area contributed by atoms with E-state index >= 15 is 0 Å². The molecule has 0 saturated heterocycles. The van der Waals surface area contributed by atoms with Crippen LogP contribution < -0.4 is 5.69 Å². The first-order chi connectivity index (χ1) is 5.65. The van der Waals surface area contributed by atoms with Crippen LogP contribution in [0.25, 0.3) is 6.08 Å². The third-order valence-electron chi connectivity index (χ3n) is 1.43. The SMILES string of the molecule is CCn1c(C=C(C)F)n[nH]c1=O. The van der Waals surface area contributed by atoms with Gasteiger partial charge in [0.2, 0.25) is 0 Å². The van der Waals surface area contributed by atoms with Crippen molar-refractivity contribution in [3.8, 4) is 0 Å². The Morgan fingerprint density at radius 3 is 3.00 bits per heavy atom. The van der Waals surface area contributed by atoms with Crippen molar-refractivity contribution in [3.63, 3.8) is 0 Å². The predicted octanol–water partition coefficient (Wildman–Crippen LogP) is 0.922. The molecular weight excluding hydrogens is 161 g/mol. The standard InChI is InChI=1S/C7H10FN3O/c1-3-11-6(4-5(2)8)9-10-7(11)12/h4H,3H2,1-2H3,(H,10,12). The summed E-state index contributed by atoms with van der Waals surface area (Å²) in [5.41, 5.74) is -0.315. The molecule has 1 heterocycles. The maximum absolute atomic E-state index is 12.4. The number of H-pyrrole nitrogens is 1. The van der Waals surface area contributed by atoms with E-state index in [1.165, 1.54) is 17.6 Å². The summed E-state index contributed by atoms with van der Waals surface area (Å²) in [4.78, 5) is 10.9. The fourth-order valence-corrected chi connectivity index (χ4v) is 0.924. The Kier molecular flexibility index (Phi) is 2.42. The van der Waals surface area contributed by atoms with Crippen LogP contribution in [0.3, 0.4) is 0 Å². The van der Waals surface area contributed by atoms with Crippen molar-refractivity contribution in [2.75, 3.05) is 0 Å². The van der Waals surface area contributed by atoms with Crippen molar-refractivity contribution in [1.29, 1.82) is 0 Å². The second kappa shape index (κ2) is 3.34. The normalized spacial score (nSPS) is 12.1. The summed E-state index contributed by atoms with van der Waals surface area (Å²) >= 11 is 0. The lowest BCUT2D eigenvalue weighted by Crippen LogP contribution is -2.16. The molecule has 0 aliphatic heterocycles. The van der Waals surface area contributed by atoms with Gasteiger partial charge in [-0.25, -0.2) is 14.3 Å². The molecule has 0 aliphatic carbocycles. The number of halogens is 1. The highest BCUT2D eigenvalue weighted by Crippen LogP contribution is 2.01. The van der Waals surface area contributed by atoms with Crippen LogP contribution in [-0.2, 0) is 6.54 Å². The van der Waals surface area contributed by atoms with Crippen LogP contribution in [-0.4, -0.2) is 14.8 Å². The van der Waals surface area contributed by atoms with E-state index in [1.54, 1.807) is 6.92 Å². The number of hydrogen-bond acceptors (Lipinski definition) is 2. The van der Waals surface area contributed by atoms with E-state index in [1.807, 2.05) is 0 Å². The molecule has 0 spiro atoms. The van der Waals surface area contributed by atoms with Crippen LogP contribution in [0, 0.1) is 0 Å². The molecule has 0 aliphatic rings. The topological polar surface area (TPSA) is 50.7 Å². The van der Waals surface area contributed by atoms with E-state index in [0.717, 1.165) is 0 Å². The van der Waals surface area contributed by atoms with Gasteiger partial charge in [-0.05, 0) is 13.8 Å². The highest BCUT2D eigenvalue weighted by molar-refractivity contribution is 5.41. The van der Waals surface area contributed by atoms with E-state index in [0.29, 0.717) is 12.4 Å². The fourth-order valence-electron chi connectivity index (χ4n) is 0.924. The monoisotopic (exact) mass is 171 g/mol. The van der Waals surface area contributed by atoms with E-state index in [-0.39, 0.29) is 11.5 Å². The van der Waals surface area contributed by atoms with Crippen molar-refractivity contribution >= 4 is 6.08 Å². The average Bonchev–Trinajstić information content (AvgIpc) is 2.30. The molecule has 12 heavy (non-hydrogen) atoms. The lowest BCUT2D eigenvalue weighted by Gasteiger charge is -1.94. The van der Waals surface area contributed by atoms with Crippen LogP contribution in [0.2, 0.25) is 0 Å². The first-order valence-corrected chi connectivity index (χ1v) is 3.64. The smallest absolute Gasteiger partial charge is 0.276 e. The summed E-state index contributed by atoms with van der Waals surface area (Å²) in [6.07, 6.45) is 1.21. The van der Waals surface area contributed by atoms with Crippen LogP contribution in [0.5, 0.6) is 0 Å². The largest absolute Gasteiger partial charge is 0.343 e. The molecule has 0 aromatic carbocycles. The minimum atomic E-state index is -0.372. The van der Waals surface area contributed by atoms with Crippen LogP contribution in [0.1, 0.15) is 19.7 Å². The van der Waals surface area contributed by atoms with Gasteiger partial charge < -0.3 is 0 Å². The summed E-state index contributed by atoms with van der Waals surface area (Å²) in [6.45, 7) is 3.58. The van der Waals surface area contributed by atoms with Gasteiger partial charge in [-0.3, -0.25) is 4.57 Å². The maximum atomic E-state index is 12.4. The van der Waals surface area contributed by atoms with Crippen LogP contribution >= 0.6 is 0 Å². The number of hydrogen-bond donors (Lipinski definition) is 1. The zero-order valence-electron chi connectivity index (χ0n) is 6.97. The molecule has 66 valence electrons. The van der Waals surface area contributed by atoms with Gasteiger partial charge in [0.1, 0.15) is 5.83 Å². The van der Waals surface area contributed by atoms with E-state index in [9.17, 15) is 9.18 Å². The highest BCUT2D eigenvalue weighted by Gasteiger charge is 2.02. The average molecular weight is 171 g/mol. The van der Waals surface area contributed by atoms with Crippen molar-refractivity contribution < 1.29 is 4.39 Å². The summed E-state index contributed by atoms with van der Waals surface area (Å²) in [5, 5.41) is 5.88. The molecule has 4 nitrogen and oxygen atoms in total. The van der Waals surface area contributed by atoms with Crippen molar-refractivity contribution in [3.05, 3.63) is 22.1 Å². The third kappa shape index (κ3) is 1.61. The summed E-state index contributed by atoms with van der Waals surface area (Å²) < 4.78 is 13.8. The van der Waals surface area contributed by atoms with Crippen molar-refractivity contribution in [1.82, 2.24) is 14.8 Å². The van der Waals surface area contributed by atoms with Crippen molar-refractivity contribution in [2.24, 2.45) is 0 Å². The van der Waals surface area contributed by atoms with Gasteiger partial charge in [0.25, 0.3) is 0 Å². The number of aromatic amines is 1. The quantitative estimate of drug-likeness (QED) is 0.719. The molecule has 0 unspecified atom stereocenters. The van der Waals surface area contributed by atoms with Crippen molar-refractivity contribution in [2.45, 2.75) is 20.4 Å². The Bertz CT molecular complexity index is 346. The van der Waals surface area contributed by atoms with Gasteiger partial charge in [0, 0.05) is 12.6 Å². The maximum Gasteiger partial charge on any atom is 0.343 e. The molecule has 0 bridgehead atoms. The molecule has 0 fully saturated rings. The number of allylic oxidation sites excluding steroid dienone is 1. The molecule has 1 N–H and O–H groups in total. The van der Waals surface area contributed by atoms with Gasteiger partial charge in [-0.15, -0.1) is 0 Å². The predicted molar refractivity (Wildman–Crippen MR) is 43.3 cm³/mol. The number of nitrogens with one attached hydrogen (secondary N) is 1. The third-order valence-corrected chi connectivity index (χ3v) is 1.43. The minimum absolute atomic E-state index is 0.315. The summed E-state index contributed by atoms with van der Waals surface area (Å²) in [6, 6.07) is 0. The van der Waals surface area contributed by atoms with Crippen LogP contribution in [0.4, 0.5) is 4.39 Å². The molecule has 0 atom stereocenters. The zero-order valence-corrected chi connectivity index (χ0v) is 6.97. The highest BCUT2D eigenvalue weighted by atomic mass is 19.1. The second-order valence-electron chi connectivity index (χ2n) is 2.36.